The van der Waals surface area contributed by atoms with Crippen LogP contribution in [0.1, 0.15) is 12.8 Å². The largest absolute Gasteiger partial charge is 0.493 e. The average molecular weight is 304 g/mol. The Hall–Kier alpha value is -1.51. The zero-order chi connectivity index (χ0) is 13.6. The minimum absolute atomic E-state index is 0. The predicted molar refractivity (Wildman–Crippen MR) is 90.2 cm³/mol. The molecule has 1 aliphatic heterocycles. The lowest BCUT2D eigenvalue weighted by Gasteiger charge is -2.22. The molecule has 1 unspecified atom stereocenters. The molecule has 0 saturated carbocycles. The van der Waals surface area contributed by atoms with Crippen molar-refractivity contribution >= 4 is 12.4 Å². The van der Waals surface area contributed by atoms with E-state index in [1.807, 2.05) is 6.07 Å². The molecule has 3 rings (SSSR count). The maximum absolute atomic E-state index is 5.90. The lowest BCUT2D eigenvalue weighted by Crippen LogP contribution is -2.33. The van der Waals surface area contributed by atoms with Crippen molar-refractivity contribution in [3.63, 3.8) is 0 Å². The number of benzene rings is 2. The van der Waals surface area contributed by atoms with E-state index in [1.54, 1.807) is 0 Å². The van der Waals surface area contributed by atoms with Gasteiger partial charge in [-0.2, -0.15) is 0 Å². The molecule has 0 aromatic heterocycles. The quantitative estimate of drug-likeness (QED) is 0.916. The molecule has 2 aromatic carbocycles. The van der Waals surface area contributed by atoms with E-state index in [1.165, 1.54) is 24.0 Å². The first-order valence-electron chi connectivity index (χ1n) is 7.41. The lowest BCUT2D eigenvalue weighted by molar-refractivity contribution is 0.218. The molecule has 0 aliphatic carbocycles. The van der Waals surface area contributed by atoms with Gasteiger partial charge in [-0.05, 0) is 42.6 Å². The van der Waals surface area contributed by atoms with Gasteiger partial charge >= 0.3 is 0 Å². The Balaban J connectivity index is 0.00000161. The predicted octanol–water partition coefficient (Wildman–Crippen LogP) is 4.15. The van der Waals surface area contributed by atoms with Gasteiger partial charge in [-0.3, -0.25) is 0 Å². The van der Waals surface area contributed by atoms with Gasteiger partial charge in [0, 0.05) is 12.5 Å². The smallest absolute Gasteiger partial charge is 0.119 e. The standard InChI is InChI=1S/C18H21NO.ClH/c1-2-6-16(7-3-1)17-8-10-18(11-9-17)20-14-15-5-4-12-19-13-15;/h1-3,6-11,15,19H,4-5,12-14H2;1H. The third-order valence-corrected chi connectivity index (χ3v) is 3.85. The minimum atomic E-state index is 0. The van der Waals surface area contributed by atoms with Crippen molar-refractivity contribution < 1.29 is 4.74 Å². The molecule has 1 saturated heterocycles. The van der Waals surface area contributed by atoms with Crippen LogP contribution in [0.3, 0.4) is 0 Å². The van der Waals surface area contributed by atoms with Crippen molar-refractivity contribution in [2.75, 3.05) is 19.7 Å². The number of piperidine rings is 1. The van der Waals surface area contributed by atoms with Crippen LogP contribution in [-0.2, 0) is 0 Å². The van der Waals surface area contributed by atoms with Crippen molar-refractivity contribution in [3.8, 4) is 16.9 Å². The van der Waals surface area contributed by atoms with Crippen molar-refractivity contribution in [2.24, 2.45) is 5.92 Å². The van der Waals surface area contributed by atoms with Gasteiger partial charge in [-0.1, -0.05) is 42.5 Å². The van der Waals surface area contributed by atoms with Gasteiger partial charge in [-0.15, -0.1) is 12.4 Å². The number of hydrogen-bond donors (Lipinski definition) is 1. The Morgan fingerprint density at radius 2 is 1.67 bits per heavy atom. The fourth-order valence-electron chi connectivity index (χ4n) is 2.65. The first kappa shape index (κ1) is 15.9. The van der Waals surface area contributed by atoms with E-state index in [-0.39, 0.29) is 12.4 Å². The van der Waals surface area contributed by atoms with Gasteiger partial charge in [0.1, 0.15) is 5.75 Å². The normalized spacial score (nSPS) is 17.8. The molecule has 1 aliphatic rings. The molecule has 112 valence electrons. The zero-order valence-electron chi connectivity index (χ0n) is 12.1. The Labute approximate surface area is 132 Å². The number of rotatable bonds is 4. The van der Waals surface area contributed by atoms with E-state index < -0.39 is 0 Å². The summed E-state index contributed by atoms with van der Waals surface area (Å²) in [4.78, 5) is 0. The first-order chi connectivity index (χ1) is 9.92. The molecule has 1 atom stereocenters. The van der Waals surface area contributed by atoms with Crippen LogP contribution in [0.5, 0.6) is 5.75 Å². The van der Waals surface area contributed by atoms with E-state index in [4.69, 9.17) is 4.74 Å². The van der Waals surface area contributed by atoms with E-state index in [0.717, 1.165) is 25.4 Å². The number of ether oxygens (including phenoxy) is 1. The summed E-state index contributed by atoms with van der Waals surface area (Å²) in [5.41, 5.74) is 2.48. The fraction of sp³-hybridized carbons (Fsp3) is 0.333. The third kappa shape index (κ3) is 4.48. The van der Waals surface area contributed by atoms with Crippen LogP contribution >= 0.6 is 12.4 Å². The Morgan fingerprint density at radius 1 is 0.952 bits per heavy atom. The molecule has 21 heavy (non-hydrogen) atoms. The highest BCUT2D eigenvalue weighted by atomic mass is 35.5. The second-order valence-corrected chi connectivity index (χ2v) is 5.41. The van der Waals surface area contributed by atoms with Crippen LogP contribution in [0, 0.1) is 5.92 Å². The summed E-state index contributed by atoms with van der Waals surface area (Å²) in [5, 5.41) is 3.42. The van der Waals surface area contributed by atoms with Crippen LogP contribution in [0.2, 0.25) is 0 Å². The highest BCUT2D eigenvalue weighted by Crippen LogP contribution is 2.22. The van der Waals surface area contributed by atoms with Gasteiger partial charge in [-0.25, -0.2) is 0 Å². The fourth-order valence-corrected chi connectivity index (χ4v) is 2.65. The van der Waals surface area contributed by atoms with Crippen LogP contribution in [0.15, 0.2) is 54.6 Å². The van der Waals surface area contributed by atoms with Gasteiger partial charge in [0.15, 0.2) is 0 Å². The third-order valence-electron chi connectivity index (χ3n) is 3.85. The van der Waals surface area contributed by atoms with E-state index in [0.29, 0.717) is 5.92 Å². The Morgan fingerprint density at radius 3 is 2.33 bits per heavy atom. The zero-order valence-corrected chi connectivity index (χ0v) is 12.9. The van der Waals surface area contributed by atoms with Crippen LogP contribution in [0.4, 0.5) is 0 Å². The molecule has 1 N–H and O–H groups in total. The van der Waals surface area contributed by atoms with Crippen LogP contribution in [0.25, 0.3) is 11.1 Å². The summed E-state index contributed by atoms with van der Waals surface area (Å²) in [6.07, 6.45) is 2.54. The molecule has 3 heteroatoms. The first-order valence-corrected chi connectivity index (χ1v) is 7.41. The maximum Gasteiger partial charge on any atom is 0.119 e. The molecule has 1 heterocycles. The summed E-state index contributed by atoms with van der Waals surface area (Å²) < 4.78 is 5.90. The minimum Gasteiger partial charge on any atom is -0.493 e. The van der Waals surface area contributed by atoms with E-state index in [2.05, 4.69) is 53.8 Å². The highest BCUT2D eigenvalue weighted by Gasteiger charge is 2.13. The van der Waals surface area contributed by atoms with Gasteiger partial charge in [0.25, 0.3) is 0 Å². The van der Waals surface area contributed by atoms with E-state index in [9.17, 15) is 0 Å². The van der Waals surface area contributed by atoms with Crippen LogP contribution in [-0.4, -0.2) is 19.7 Å². The van der Waals surface area contributed by atoms with Gasteiger partial charge in [0.2, 0.25) is 0 Å². The molecule has 2 nitrogen and oxygen atoms in total. The summed E-state index contributed by atoms with van der Waals surface area (Å²) in [7, 11) is 0. The van der Waals surface area contributed by atoms with Crippen molar-refractivity contribution in [2.45, 2.75) is 12.8 Å². The van der Waals surface area contributed by atoms with Crippen molar-refractivity contribution in [1.29, 1.82) is 0 Å². The Bertz CT molecular complexity index is 521. The van der Waals surface area contributed by atoms with E-state index >= 15 is 0 Å². The second-order valence-electron chi connectivity index (χ2n) is 5.41. The molecule has 0 bridgehead atoms. The highest BCUT2D eigenvalue weighted by molar-refractivity contribution is 5.85. The number of nitrogens with one attached hydrogen (secondary N) is 1. The maximum atomic E-state index is 5.90. The summed E-state index contributed by atoms with van der Waals surface area (Å²) >= 11 is 0. The average Bonchev–Trinajstić information content (AvgIpc) is 2.55. The number of hydrogen-bond acceptors (Lipinski definition) is 2. The summed E-state index contributed by atoms with van der Waals surface area (Å²) in [6.45, 7) is 3.06. The molecular formula is C18H22ClNO. The lowest BCUT2D eigenvalue weighted by atomic mass is 10.0. The number of halogens is 1. The SMILES string of the molecule is Cl.c1ccc(-c2ccc(OCC3CCCNC3)cc2)cc1. The topological polar surface area (TPSA) is 21.3 Å². The second kappa shape index (κ2) is 8.06. The molecule has 0 spiro atoms. The molecular weight excluding hydrogens is 282 g/mol. The summed E-state index contributed by atoms with van der Waals surface area (Å²) in [6, 6.07) is 18.8. The Kier molecular flexibility index (Phi) is 6.09. The van der Waals surface area contributed by atoms with Gasteiger partial charge in [0.05, 0.1) is 6.61 Å². The van der Waals surface area contributed by atoms with Crippen LogP contribution < -0.4 is 10.1 Å². The molecule has 2 aromatic rings. The van der Waals surface area contributed by atoms with Crippen molar-refractivity contribution in [3.05, 3.63) is 54.6 Å². The van der Waals surface area contributed by atoms with Gasteiger partial charge < -0.3 is 10.1 Å². The molecule has 0 amide bonds. The van der Waals surface area contributed by atoms with Crippen molar-refractivity contribution in [1.82, 2.24) is 5.32 Å². The summed E-state index contributed by atoms with van der Waals surface area (Å²) in [5.74, 6) is 1.62. The monoisotopic (exact) mass is 303 g/mol. The molecule has 0 radical (unpaired) electrons. The molecule has 1 fully saturated rings.